The molecule has 3 rings (SSSR count). The minimum absolute atomic E-state index is 0.0974. The molecule has 91 valence electrons. The van der Waals surface area contributed by atoms with Gasteiger partial charge in [-0.2, -0.15) is 0 Å². The van der Waals surface area contributed by atoms with Crippen molar-refractivity contribution >= 4 is 22.4 Å². The van der Waals surface area contributed by atoms with Gasteiger partial charge in [0.1, 0.15) is 0 Å². The molecule has 2 heteroatoms. The maximum atomic E-state index is 12.0. The summed E-state index contributed by atoms with van der Waals surface area (Å²) in [6.45, 7) is 0. The van der Waals surface area contributed by atoms with Crippen LogP contribution in [0.5, 0.6) is 0 Å². The predicted molar refractivity (Wildman–Crippen MR) is 77.2 cm³/mol. The van der Waals surface area contributed by atoms with Crippen molar-refractivity contribution in [3.05, 3.63) is 78.4 Å². The molecule has 1 amide bonds. The van der Waals surface area contributed by atoms with Crippen molar-refractivity contribution in [2.75, 3.05) is 5.32 Å². The molecular weight excluding hydrogens is 234 g/mol. The molecule has 2 nitrogen and oxygen atoms in total. The Bertz CT molecular complexity index is 719. The number of nitrogens with one attached hydrogen (secondary N) is 1. The summed E-state index contributed by atoms with van der Waals surface area (Å²) in [5.74, 6) is -0.0974. The Labute approximate surface area is 111 Å². The topological polar surface area (TPSA) is 29.1 Å². The average molecular weight is 246 g/mol. The van der Waals surface area contributed by atoms with Crippen LogP contribution in [0.3, 0.4) is 0 Å². The number of carbonyl (C=O) groups is 1. The Kier molecular flexibility index (Phi) is 2.99. The number of anilines is 1. The minimum atomic E-state index is -0.0974. The van der Waals surface area contributed by atoms with Crippen LogP contribution in [0.25, 0.3) is 10.8 Å². The summed E-state index contributed by atoms with van der Waals surface area (Å²) in [4.78, 5) is 12.0. The van der Waals surface area contributed by atoms with Gasteiger partial charge < -0.3 is 5.32 Å². The molecule has 0 fully saturated rings. The molecule has 0 saturated heterocycles. The van der Waals surface area contributed by atoms with Crippen molar-refractivity contribution in [1.29, 1.82) is 0 Å². The lowest BCUT2D eigenvalue weighted by Crippen LogP contribution is -2.11. The first-order valence-corrected chi connectivity index (χ1v) is 6.09. The van der Waals surface area contributed by atoms with Crippen LogP contribution >= 0.6 is 0 Å². The summed E-state index contributed by atoms with van der Waals surface area (Å²) in [6.07, 6.45) is 0. The molecule has 0 unspecified atom stereocenters. The third kappa shape index (κ3) is 2.47. The van der Waals surface area contributed by atoms with Gasteiger partial charge in [-0.3, -0.25) is 4.79 Å². The van der Waals surface area contributed by atoms with Gasteiger partial charge in [-0.05, 0) is 47.2 Å². The van der Waals surface area contributed by atoms with Crippen LogP contribution in [0.2, 0.25) is 0 Å². The van der Waals surface area contributed by atoms with Crippen LogP contribution in [0.15, 0.2) is 66.7 Å². The number of amides is 1. The fraction of sp³-hybridized carbons (Fsp3) is 0. The normalized spacial score (nSPS) is 10.3. The third-order valence-corrected chi connectivity index (χ3v) is 2.98. The summed E-state index contributed by atoms with van der Waals surface area (Å²) in [7, 11) is 0. The van der Waals surface area contributed by atoms with Crippen LogP contribution in [-0.2, 0) is 0 Å². The number of fused-ring (bicyclic) bond motifs is 1. The Balaban J connectivity index is 1.87. The Hall–Kier alpha value is -2.61. The number of carbonyl (C=O) groups excluding carboxylic acids is 1. The second kappa shape index (κ2) is 4.94. The molecular formula is C17H12NO. The van der Waals surface area contributed by atoms with E-state index in [0.29, 0.717) is 5.56 Å². The zero-order valence-electron chi connectivity index (χ0n) is 10.3. The molecule has 3 aromatic carbocycles. The van der Waals surface area contributed by atoms with Gasteiger partial charge >= 0.3 is 0 Å². The van der Waals surface area contributed by atoms with Crippen LogP contribution in [-0.4, -0.2) is 5.91 Å². The van der Waals surface area contributed by atoms with Crippen LogP contribution in [0, 0.1) is 6.07 Å². The molecule has 0 aliphatic carbocycles. The highest BCUT2D eigenvalue weighted by Gasteiger charge is 2.05. The van der Waals surface area contributed by atoms with Crippen molar-refractivity contribution in [3.63, 3.8) is 0 Å². The summed E-state index contributed by atoms with van der Waals surface area (Å²) in [6, 6.07) is 23.9. The summed E-state index contributed by atoms with van der Waals surface area (Å²) in [5, 5.41) is 5.10. The van der Waals surface area contributed by atoms with Crippen LogP contribution < -0.4 is 5.32 Å². The number of hydrogen-bond acceptors (Lipinski definition) is 1. The van der Waals surface area contributed by atoms with E-state index in [0.717, 1.165) is 16.5 Å². The van der Waals surface area contributed by atoms with Gasteiger partial charge in [0.05, 0.1) is 0 Å². The van der Waals surface area contributed by atoms with E-state index < -0.39 is 0 Å². The highest BCUT2D eigenvalue weighted by Crippen LogP contribution is 2.19. The van der Waals surface area contributed by atoms with Gasteiger partial charge in [0.2, 0.25) is 0 Å². The van der Waals surface area contributed by atoms with Crippen LogP contribution in [0.4, 0.5) is 5.69 Å². The lowest BCUT2D eigenvalue weighted by molar-refractivity contribution is 0.102. The van der Waals surface area contributed by atoms with E-state index >= 15 is 0 Å². The minimum Gasteiger partial charge on any atom is -0.322 e. The summed E-state index contributed by atoms with van der Waals surface area (Å²) >= 11 is 0. The standard InChI is InChI=1S/C17H12NO/c19-17(14-7-2-1-3-8-14)18-16-11-10-13-6-4-5-9-15(13)12-16/h1-4,6-12H,(H,18,19). The maximum Gasteiger partial charge on any atom is 0.255 e. The van der Waals surface area contributed by atoms with Gasteiger partial charge in [-0.1, -0.05) is 36.4 Å². The molecule has 0 atom stereocenters. The van der Waals surface area contributed by atoms with Gasteiger partial charge in [-0.25, -0.2) is 0 Å². The Morgan fingerprint density at radius 3 is 2.63 bits per heavy atom. The van der Waals surface area contributed by atoms with Crippen molar-refractivity contribution in [3.8, 4) is 0 Å². The first kappa shape index (κ1) is 11.5. The fourth-order valence-corrected chi connectivity index (χ4v) is 2.00. The van der Waals surface area contributed by atoms with Crippen molar-refractivity contribution in [2.24, 2.45) is 0 Å². The SMILES string of the molecule is O=C(Nc1ccc2cc[c]cc2c1)c1ccccc1. The number of rotatable bonds is 2. The second-order valence-corrected chi connectivity index (χ2v) is 4.31. The molecule has 0 heterocycles. The first-order valence-electron chi connectivity index (χ1n) is 6.09. The van der Waals surface area contributed by atoms with Gasteiger partial charge in [-0.15, -0.1) is 0 Å². The van der Waals surface area contributed by atoms with Crippen molar-refractivity contribution in [1.82, 2.24) is 0 Å². The van der Waals surface area contributed by atoms with Crippen LogP contribution in [0.1, 0.15) is 10.4 Å². The molecule has 3 aromatic rings. The largest absolute Gasteiger partial charge is 0.322 e. The second-order valence-electron chi connectivity index (χ2n) is 4.31. The molecule has 0 aliphatic rings. The lowest BCUT2D eigenvalue weighted by atomic mass is 10.1. The summed E-state index contributed by atoms with van der Waals surface area (Å²) < 4.78 is 0. The van der Waals surface area contributed by atoms with E-state index in [1.165, 1.54) is 0 Å². The van der Waals surface area contributed by atoms with Gasteiger partial charge in [0, 0.05) is 11.3 Å². The molecule has 0 spiro atoms. The van der Waals surface area contributed by atoms with E-state index in [-0.39, 0.29) is 5.91 Å². The lowest BCUT2D eigenvalue weighted by Gasteiger charge is -2.06. The Morgan fingerprint density at radius 2 is 1.79 bits per heavy atom. The molecule has 0 aromatic heterocycles. The van der Waals surface area contributed by atoms with Crippen molar-refractivity contribution < 1.29 is 4.79 Å². The highest BCUT2D eigenvalue weighted by atomic mass is 16.1. The predicted octanol–water partition coefficient (Wildman–Crippen LogP) is 3.89. The van der Waals surface area contributed by atoms with E-state index in [2.05, 4.69) is 11.4 Å². The van der Waals surface area contributed by atoms with E-state index in [1.807, 2.05) is 54.6 Å². The number of hydrogen-bond donors (Lipinski definition) is 1. The average Bonchev–Trinajstić information content (AvgIpc) is 2.48. The fourth-order valence-electron chi connectivity index (χ4n) is 2.00. The maximum absolute atomic E-state index is 12.0. The monoisotopic (exact) mass is 246 g/mol. The summed E-state index contributed by atoms with van der Waals surface area (Å²) in [5.41, 5.74) is 1.45. The molecule has 1 radical (unpaired) electrons. The van der Waals surface area contributed by atoms with E-state index in [9.17, 15) is 4.79 Å². The van der Waals surface area contributed by atoms with E-state index in [1.54, 1.807) is 12.1 Å². The molecule has 19 heavy (non-hydrogen) atoms. The quantitative estimate of drug-likeness (QED) is 0.730. The molecule has 0 aliphatic heterocycles. The molecule has 1 N–H and O–H groups in total. The smallest absolute Gasteiger partial charge is 0.255 e. The zero-order valence-corrected chi connectivity index (χ0v) is 10.3. The molecule has 0 bridgehead atoms. The number of benzene rings is 3. The zero-order chi connectivity index (χ0) is 13.1. The Morgan fingerprint density at radius 1 is 0.947 bits per heavy atom. The first-order chi connectivity index (χ1) is 9.33. The van der Waals surface area contributed by atoms with Gasteiger partial charge in [0.25, 0.3) is 5.91 Å². The highest BCUT2D eigenvalue weighted by molar-refractivity contribution is 6.05. The van der Waals surface area contributed by atoms with Crippen molar-refractivity contribution in [2.45, 2.75) is 0 Å². The van der Waals surface area contributed by atoms with E-state index in [4.69, 9.17) is 0 Å². The van der Waals surface area contributed by atoms with Gasteiger partial charge in [0.15, 0.2) is 0 Å². The molecule has 0 saturated carbocycles. The third-order valence-electron chi connectivity index (χ3n) is 2.98.